The first-order valence-corrected chi connectivity index (χ1v) is 7.82. The van der Waals surface area contributed by atoms with Crippen LogP contribution in [-0.2, 0) is 24.2 Å². The van der Waals surface area contributed by atoms with Crippen LogP contribution in [-0.4, -0.2) is 26.8 Å². The Kier molecular flexibility index (Phi) is 6.69. The van der Waals surface area contributed by atoms with Crippen LogP contribution in [0.25, 0.3) is 0 Å². The van der Waals surface area contributed by atoms with Gasteiger partial charge in [-0.1, -0.05) is 45.2 Å². The van der Waals surface area contributed by atoms with Crippen LogP contribution in [0.5, 0.6) is 0 Å². The van der Waals surface area contributed by atoms with Crippen LogP contribution in [0, 0.1) is 5.92 Å². The molecule has 1 aromatic heterocycles. The summed E-state index contributed by atoms with van der Waals surface area (Å²) in [5.41, 5.74) is 1.54. The Morgan fingerprint density at radius 3 is 2.35 bits per heavy atom. The van der Waals surface area contributed by atoms with Gasteiger partial charge in [0.05, 0.1) is 22.8 Å². The number of ketones is 1. The molecule has 0 spiro atoms. The van der Waals surface area contributed by atoms with Crippen molar-refractivity contribution in [3.63, 3.8) is 0 Å². The fourth-order valence-electron chi connectivity index (χ4n) is 2.45. The van der Waals surface area contributed by atoms with Gasteiger partial charge in [0.15, 0.2) is 5.78 Å². The molecule has 1 atom stereocenters. The molecule has 1 unspecified atom stereocenters. The number of aromatic nitrogens is 2. The van der Waals surface area contributed by atoms with E-state index >= 15 is 0 Å². The maximum atomic E-state index is 12.2. The van der Waals surface area contributed by atoms with E-state index in [0.29, 0.717) is 11.6 Å². The number of aryl methyl sites for hydroxylation is 2. The predicted molar refractivity (Wildman–Crippen MR) is 81.1 cm³/mol. The molecule has 0 aromatic carbocycles. The number of carbonyl (C=O) groups is 1. The average Bonchev–Trinajstić information content (AvgIpc) is 2.76. The van der Waals surface area contributed by atoms with E-state index in [4.69, 9.17) is 11.6 Å². The summed E-state index contributed by atoms with van der Waals surface area (Å²) in [5.74, 6) is -0.150. The van der Waals surface area contributed by atoms with Crippen LogP contribution >= 0.6 is 11.6 Å². The molecule has 0 aliphatic heterocycles. The number of rotatable bonds is 8. The quantitative estimate of drug-likeness (QED) is 0.803. The summed E-state index contributed by atoms with van der Waals surface area (Å²) in [6.07, 6.45) is 1.57. The van der Waals surface area contributed by atoms with Crippen LogP contribution in [0.3, 0.4) is 0 Å². The Labute approximate surface area is 126 Å². The topological polar surface area (TPSA) is 55.1 Å². The van der Waals surface area contributed by atoms with Gasteiger partial charge in [0, 0.05) is 6.54 Å². The van der Waals surface area contributed by atoms with E-state index in [9.17, 15) is 9.90 Å². The molecule has 0 saturated carbocycles. The molecule has 0 aliphatic rings. The van der Waals surface area contributed by atoms with E-state index in [-0.39, 0.29) is 18.1 Å². The zero-order valence-corrected chi connectivity index (χ0v) is 13.6. The standard InChI is InChI=1S/C15H25ClN2O2/c1-5-10(6-2)15(20)13(19)9-12-14(16)11(7-3)17-18(12)8-4/h10,15,20H,5-9H2,1-4H3. The SMILES string of the molecule is CCc1nn(CC)c(CC(=O)C(O)C(CC)CC)c1Cl. The third-order valence-corrected chi connectivity index (χ3v) is 4.30. The second kappa shape index (κ2) is 7.79. The maximum absolute atomic E-state index is 12.2. The maximum Gasteiger partial charge on any atom is 0.167 e. The molecule has 0 bridgehead atoms. The first kappa shape index (κ1) is 17.2. The Morgan fingerprint density at radius 1 is 1.30 bits per heavy atom. The van der Waals surface area contributed by atoms with Crippen LogP contribution in [0.4, 0.5) is 0 Å². The second-order valence-corrected chi connectivity index (χ2v) is 5.42. The molecule has 0 saturated heterocycles. The predicted octanol–water partition coefficient (Wildman–Crippen LogP) is 3.03. The Hall–Kier alpha value is -0.870. The summed E-state index contributed by atoms with van der Waals surface area (Å²) < 4.78 is 1.76. The highest BCUT2D eigenvalue weighted by molar-refractivity contribution is 6.32. The van der Waals surface area contributed by atoms with Crippen molar-refractivity contribution in [1.82, 2.24) is 9.78 Å². The fourth-order valence-corrected chi connectivity index (χ4v) is 2.79. The minimum absolute atomic E-state index is 0.0184. The summed E-state index contributed by atoms with van der Waals surface area (Å²) >= 11 is 6.29. The number of nitrogens with zero attached hydrogens (tertiary/aromatic N) is 2. The van der Waals surface area contributed by atoms with Crippen molar-refractivity contribution in [3.8, 4) is 0 Å². The highest BCUT2D eigenvalue weighted by atomic mass is 35.5. The van der Waals surface area contributed by atoms with Crippen LogP contribution in [0.15, 0.2) is 0 Å². The zero-order valence-electron chi connectivity index (χ0n) is 12.8. The van der Waals surface area contributed by atoms with Gasteiger partial charge < -0.3 is 5.11 Å². The molecule has 5 heteroatoms. The second-order valence-electron chi connectivity index (χ2n) is 5.04. The van der Waals surface area contributed by atoms with E-state index in [0.717, 1.165) is 30.7 Å². The summed E-state index contributed by atoms with van der Waals surface area (Å²) in [7, 11) is 0. The van der Waals surface area contributed by atoms with Crippen LogP contribution in [0.1, 0.15) is 51.9 Å². The molecular weight excluding hydrogens is 276 g/mol. The van der Waals surface area contributed by atoms with Gasteiger partial charge in [-0.3, -0.25) is 9.48 Å². The lowest BCUT2D eigenvalue weighted by Crippen LogP contribution is -2.31. The number of hydrogen-bond acceptors (Lipinski definition) is 3. The highest BCUT2D eigenvalue weighted by Crippen LogP contribution is 2.24. The molecule has 1 heterocycles. The van der Waals surface area contributed by atoms with Gasteiger partial charge in [-0.25, -0.2) is 0 Å². The molecule has 0 aliphatic carbocycles. The number of carbonyl (C=O) groups excluding carboxylic acids is 1. The number of hydrogen-bond donors (Lipinski definition) is 1. The summed E-state index contributed by atoms with van der Waals surface area (Å²) in [5, 5.41) is 15.1. The Balaban J connectivity index is 2.92. The van der Waals surface area contributed by atoms with Gasteiger partial charge >= 0.3 is 0 Å². The monoisotopic (exact) mass is 300 g/mol. The average molecular weight is 301 g/mol. The lowest BCUT2D eigenvalue weighted by molar-refractivity contribution is -0.129. The van der Waals surface area contributed by atoms with Crippen molar-refractivity contribution in [2.24, 2.45) is 5.92 Å². The molecule has 1 aromatic rings. The van der Waals surface area contributed by atoms with Crippen molar-refractivity contribution in [2.75, 3.05) is 0 Å². The van der Waals surface area contributed by atoms with Crippen LogP contribution < -0.4 is 0 Å². The molecule has 20 heavy (non-hydrogen) atoms. The first-order chi connectivity index (χ1) is 9.49. The lowest BCUT2D eigenvalue weighted by atomic mass is 9.92. The van der Waals surface area contributed by atoms with E-state index < -0.39 is 6.10 Å². The zero-order chi connectivity index (χ0) is 15.3. The van der Waals surface area contributed by atoms with Crippen molar-refractivity contribution in [3.05, 3.63) is 16.4 Å². The van der Waals surface area contributed by atoms with E-state index in [1.165, 1.54) is 0 Å². The van der Waals surface area contributed by atoms with Crippen molar-refractivity contribution >= 4 is 17.4 Å². The van der Waals surface area contributed by atoms with Gasteiger partial charge in [-0.2, -0.15) is 5.10 Å². The highest BCUT2D eigenvalue weighted by Gasteiger charge is 2.26. The fraction of sp³-hybridized carbons (Fsp3) is 0.733. The molecule has 1 N–H and O–H groups in total. The molecular formula is C15H25ClN2O2. The molecule has 0 radical (unpaired) electrons. The van der Waals surface area contributed by atoms with E-state index in [1.807, 2.05) is 27.7 Å². The first-order valence-electron chi connectivity index (χ1n) is 7.44. The molecule has 0 fully saturated rings. The van der Waals surface area contributed by atoms with Gasteiger partial charge in [-0.05, 0) is 19.3 Å². The Morgan fingerprint density at radius 2 is 1.90 bits per heavy atom. The molecule has 1 rings (SSSR count). The van der Waals surface area contributed by atoms with Crippen molar-refractivity contribution in [2.45, 2.75) is 66.0 Å². The number of Topliss-reactive ketones (excluding diaryl/α,β-unsaturated/α-hetero) is 1. The number of halogens is 1. The summed E-state index contributed by atoms with van der Waals surface area (Å²) in [6, 6.07) is 0. The smallest absolute Gasteiger partial charge is 0.167 e. The van der Waals surface area contributed by atoms with Gasteiger partial charge in [0.2, 0.25) is 0 Å². The molecule has 0 amide bonds. The largest absolute Gasteiger partial charge is 0.385 e. The summed E-state index contributed by atoms with van der Waals surface area (Å²) in [4.78, 5) is 12.2. The molecule has 114 valence electrons. The number of aliphatic hydroxyl groups excluding tert-OH is 1. The third-order valence-electron chi connectivity index (χ3n) is 3.86. The van der Waals surface area contributed by atoms with Crippen molar-refractivity contribution in [1.29, 1.82) is 0 Å². The Bertz CT molecular complexity index is 453. The van der Waals surface area contributed by atoms with Gasteiger partial charge in [0.25, 0.3) is 0 Å². The van der Waals surface area contributed by atoms with Gasteiger partial charge in [0.1, 0.15) is 6.10 Å². The minimum atomic E-state index is -0.911. The third kappa shape index (κ3) is 3.61. The van der Waals surface area contributed by atoms with Crippen molar-refractivity contribution < 1.29 is 9.90 Å². The van der Waals surface area contributed by atoms with Gasteiger partial charge in [-0.15, -0.1) is 0 Å². The molecule has 4 nitrogen and oxygen atoms in total. The van der Waals surface area contributed by atoms with E-state index in [1.54, 1.807) is 4.68 Å². The number of aliphatic hydroxyl groups is 1. The van der Waals surface area contributed by atoms with Crippen LogP contribution in [0.2, 0.25) is 5.02 Å². The normalized spacial score (nSPS) is 12.9. The summed E-state index contributed by atoms with van der Waals surface area (Å²) in [6.45, 7) is 8.60. The minimum Gasteiger partial charge on any atom is -0.385 e. The lowest BCUT2D eigenvalue weighted by Gasteiger charge is -2.19. The van der Waals surface area contributed by atoms with E-state index in [2.05, 4.69) is 5.10 Å².